The van der Waals surface area contributed by atoms with E-state index in [0.29, 0.717) is 17.8 Å². The van der Waals surface area contributed by atoms with Gasteiger partial charge < -0.3 is 20.3 Å². The molecular weight excluding hydrogens is 586 g/mol. The van der Waals surface area contributed by atoms with E-state index in [9.17, 15) is 14.4 Å². The maximum absolute atomic E-state index is 14.8. The summed E-state index contributed by atoms with van der Waals surface area (Å²) in [5.74, 6) is -0.654. The molecule has 0 bridgehead atoms. The standard InChI is InChI=1S/C40H49N3O4/c1-6-7-8-9-15-25-43(38(45)35(27-30-18-11-10-12-19-30)42-39(46)47-40(3,4)5)36(33-22-16-17-29(2)26-33)37(44)41-34-24-23-31-20-13-14-21-32(31)28-34/h10-14,16-24,26,28,35-36H,6-9,15,25,27H2,1-5H3,(H,41,44)(H,42,46). The van der Waals surface area contributed by atoms with Gasteiger partial charge in [0.05, 0.1) is 0 Å². The molecule has 4 aromatic carbocycles. The summed E-state index contributed by atoms with van der Waals surface area (Å²) in [4.78, 5) is 43.9. The third kappa shape index (κ3) is 10.7. The molecule has 0 aliphatic carbocycles. The van der Waals surface area contributed by atoms with Crippen LogP contribution in [0.25, 0.3) is 10.8 Å². The molecule has 0 spiro atoms. The van der Waals surface area contributed by atoms with Gasteiger partial charge in [0, 0.05) is 18.7 Å². The summed E-state index contributed by atoms with van der Waals surface area (Å²) in [5, 5.41) is 8.05. The van der Waals surface area contributed by atoms with Crippen LogP contribution in [0.2, 0.25) is 0 Å². The molecule has 2 N–H and O–H groups in total. The second-order valence-electron chi connectivity index (χ2n) is 13.2. The summed E-state index contributed by atoms with van der Waals surface area (Å²) in [6.07, 6.45) is 4.46. The number of carbonyl (C=O) groups excluding carboxylic acids is 3. The minimum atomic E-state index is -0.955. The maximum atomic E-state index is 14.8. The van der Waals surface area contributed by atoms with Gasteiger partial charge >= 0.3 is 6.09 Å². The van der Waals surface area contributed by atoms with E-state index < -0.39 is 23.8 Å². The molecule has 0 saturated carbocycles. The number of alkyl carbamates (subject to hydrolysis) is 1. The van der Waals surface area contributed by atoms with Crippen LogP contribution in [0.1, 0.15) is 82.5 Å². The molecular formula is C40H49N3O4. The zero-order valence-corrected chi connectivity index (χ0v) is 28.4. The van der Waals surface area contributed by atoms with Crippen LogP contribution in [-0.4, -0.2) is 41.0 Å². The van der Waals surface area contributed by atoms with Crippen molar-refractivity contribution in [2.45, 2.75) is 90.8 Å². The zero-order valence-electron chi connectivity index (χ0n) is 28.4. The van der Waals surface area contributed by atoms with Gasteiger partial charge in [-0.15, -0.1) is 0 Å². The lowest BCUT2D eigenvalue weighted by Crippen LogP contribution is -2.53. The summed E-state index contributed by atoms with van der Waals surface area (Å²) in [6, 6.07) is 29.2. The Balaban J connectivity index is 1.74. The third-order valence-electron chi connectivity index (χ3n) is 7.99. The van der Waals surface area contributed by atoms with Crippen molar-refractivity contribution in [3.63, 3.8) is 0 Å². The lowest BCUT2D eigenvalue weighted by molar-refractivity contribution is -0.140. The second-order valence-corrected chi connectivity index (χ2v) is 13.2. The fraction of sp³-hybridized carbons (Fsp3) is 0.375. The summed E-state index contributed by atoms with van der Waals surface area (Å²) in [5.41, 5.74) is 2.48. The first-order valence-electron chi connectivity index (χ1n) is 16.7. The van der Waals surface area contributed by atoms with Crippen LogP contribution in [0.4, 0.5) is 10.5 Å². The maximum Gasteiger partial charge on any atom is 0.408 e. The molecule has 2 atom stereocenters. The van der Waals surface area contributed by atoms with Crippen molar-refractivity contribution in [1.29, 1.82) is 0 Å². The average molecular weight is 636 g/mol. The van der Waals surface area contributed by atoms with Gasteiger partial charge in [0.2, 0.25) is 5.91 Å². The number of carbonyl (C=O) groups is 3. The topological polar surface area (TPSA) is 87.7 Å². The molecule has 2 unspecified atom stereocenters. The number of nitrogens with one attached hydrogen (secondary N) is 2. The molecule has 7 nitrogen and oxygen atoms in total. The van der Waals surface area contributed by atoms with Gasteiger partial charge in [0.25, 0.3) is 5.91 Å². The van der Waals surface area contributed by atoms with Crippen molar-refractivity contribution in [3.8, 4) is 0 Å². The molecule has 248 valence electrons. The van der Waals surface area contributed by atoms with E-state index in [-0.39, 0.29) is 18.2 Å². The first kappa shape index (κ1) is 35.2. The van der Waals surface area contributed by atoms with Crippen LogP contribution in [0, 0.1) is 6.92 Å². The number of aryl methyl sites for hydroxylation is 1. The molecule has 4 aromatic rings. The van der Waals surface area contributed by atoms with Crippen LogP contribution in [-0.2, 0) is 20.7 Å². The molecule has 0 fully saturated rings. The van der Waals surface area contributed by atoms with E-state index in [1.54, 1.807) is 25.7 Å². The largest absolute Gasteiger partial charge is 0.444 e. The number of hydrogen-bond donors (Lipinski definition) is 2. The number of nitrogens with zero attached hydrogens (tertiary/aromatic N) is 1. The minimum absolute atomic E-state index is 0.248. The molecule has 0 aliphatic heterocycles. The van der Waals surface area contributed by atoms with Crippen LogP contribution in [0.15, 0.2) is 97.1 Å². The molecule has 7 heteroatoms. The highest BCUT2D eigenvalue weighted by Crippen LogP contribution is 2.28. The minimum Gasteiger partial charge on any atom is -0.444 e. The van der Waals surface area contributed by atoms with Crippen molar-refractivity contribution >= 4 is 34.4 Å². The average Bonchev–Trinajstić information content (AvgIpc) is 3.03. The number of amides is 3. The van der Waals surface area contributed by atoms with Gasteiger partial charge in [-0.3, -0.25) is 9.59 Å². The number of unbranched alkanes of at least 4 members (excludes halogenated alkanes) is 4. The van der Waals surface area contributed by atoms with Crippen LogP contribution < -0.4 is 10.6 Å². The van der Waals surface area contributed by atoms with Crippen molar-refractivity contribution in [3.05, 3.63) is 114 Å². The summed E-state index contributed by atoms with van der Waals surface area (Å²) < 4.78 is 5.58. The van der Waals surface area contributed by atoms with E-state index in [4.69, 9.17) is 4.74 Å². The highest BCUT2D eigenvalue weighted by molar-refractivity contribution is 6.00. The fourth-order valence-corrected chi connectivity index (χ4v) is 5.74. The number of hydrogen-bond acceptors (Lipinski definition) is 4. The van der Waals surface area contributed by atoms with Gasteiger partial charge in [-0.05, 0) is 68.1 Å². The van der Waals surface area contributed by atoms with Gasteiger partial charge in [-0.1, -0.05) is 123 Å². The first-order valence-corrected chi connectivity index (χ1v) is 16.7. The second kappa shape index (κ2) is 16.8. The van der Waals surface area contributed by atoms with Gasteiger partial charge in [-0.25, -0.2) is 4.79 Å². The summed E-state index contributed by atoms with van der Waals surface area (Å²) in [7, 11) is 0. The Hall–Kier alpha value is -4.65. The number of ether oxygens (including phenoxy) is 1. The molecule has 47 heavy (non-hydrogen) atoms. The van der Waals surface area contributed by atoms with E-state index in [2.05, 4.69) is 17.6 Å². The SMILES string of the molecule is CCCCCCCN(C(=O)C(Cc1ccccc1)NC(=O)OC(C)(C)C)C(C(=O)Nc1ccc2ccccc2c1)c1cccc(C)c1. The number of anilines is 1. The van der Waals surface area contributed by atoms with E-state index in [1.807, 2.05) is 104 Å². The highest BCUT2D eigenvalue weighted by atomic mass is 16.6. The normalized spacial score (nSPS) is 12.6. The predicted molar refractivity (Wildman–Crippen MR) is 190 cm³/mol. The third-order valence-corrected chi connectivity index (χ3v) is 7.99. The highest BCUT2D eigenvalue weighted by Gasteiger charge is 2.36. The lowest BCUT2D eigenvalue weighted by atomic mass is 9.98. The van der Waals surface area contributed by atoms with Gasteiger partial charge in [0.15, 0.2) is 0 Å². The van der Waals surface area contributed by atoms with Crippen molar-refractivity contribution in [1.82, 2.24) is 10.2 Å². The molecule has 0 radical (unpaired) electrons. The number of benzene rings is 4. The smallest absolute Gasteiger partial charge is 0.408 e. The lowest BCUT2D eigenvalue weighted by Gasteiger charge is -2.35. The molecule has 0 aliphatic rings. The Kier molecular flexibility index (Phi) is 12.6. The van der Waals surface area contributed by atoms with E-state index >= 15 is 0 Å². The summed E-state index contributed by atoms with van der Waals surface area (Å²) in [6.45, 7) is 9.85. The van der Waals surface area contributed by atoms with Gasteiger partial charge in [-0.2, -0.15) is 0 Å². The molecule has 0 aromatic heterocycles. The Morgan fingerprint density at radius 3 is 2.19 bits per heavy atom. The van der Waals surface area contributed by atoms with E-state index in [0.717, 1.165) is 54.0 Å². The molecule has 0 heterocycles. The quantitative estimate of drug-likeness (QED) is 0.136. The van der Waals surface area contributed by atoms with Crippen LogP contribution in [0.5, 0.6) is 0 Å². The Bertz CT molecular complexity index is 1630. The molecule has 0 saturated heterocycles. The van der Waals surface area contributed by atoms with Crippen molar-refractivity contribution in [2.24, 2.45) is 0 Å². The number of fused-ring (bicyclic) bond motifs is 1. The number of rotatable bonds is 14. The van der Waals surface area contributed by atoms with Crippen molar-refractivity contribution < 1.29 is 19.1 Å². The van der Waals surface area contributed by atoms with Crippen molar-refractivity contribution in [2.75, 3.05) is 11.9 Å². The predicted octanol–water partition coefficient (Wildman–Crippen LogP) is 8.76. The molecule has 4 rings (SSSR count). The first-order chi connectivity index (χ1) is 22.5. The van der Waals surface area contributed by atoms with Gasteiger partial charge in [0.1, 0.15) is 17.7 Å². The van der Waals surface area contributed by atoms with E-state index in [1.165, 1.54) is 0 Å². The Morgan fingerprint density at radius 2 is 1.49 bits per heavy atom. The summed E-state index contributed by atoms with van der Waals surface area (Å²) >= 11 is 0. The monoisotopic (exact) mass is 635 g/mol. The fourth-order valence-electron chi connectivity index (χ4n) is 5.74. The Morgan fingerprint density at radius 1 is 0.787 bits per heavy atom. The van der Waals surface area contributed by atoms with Crippen LogP contribution in [0.3, 0.4) is 0 Å². The zero-order chi connectivity index (χ0) is 33.8. The molecule has 3 amide bonds. The Labute approximate surface area is 279 Å². The van der Waals surface area contributed by atoms with Crippen LogP contribution >= 0.6 is 0 Å².